The first-order valence-electron chi connectivity index (χ1n) is 8.58. The fourth-order valence-electron chi connectivity index (χ4n) is 2.78. The highest BCUT2D eigenvalue weighted by molar-refractivity contribution is 6.33. The van der Waals surface area contributed by atoms with E-state index in [1.54, 1.807) is 24.5 Å². The number of rotatable bonds is 4. The van der Waals surface area contributed by atoms with Gasteiger partial charge in [-0.2, -0.15) is 19.0 Å². The van der Waals surface area contributed by atoms with Crippen molar-refractivity contribution in [1.82, 2.24) is 30.4 Å². The molecule has 0 saturated heterocycles. The van der Waals surface area contributed by atoms with Crippen molar-refractivity contribution in [3.63, 3.8) is 0 Å². The van der Waals surface area contributed by atoms with Gasteiger partial charge < -0.3 is 9.72 Å². The van der Waals surface area contributed by atoms with Crippen molar-refractivity contribution >= 4 is 22.5 Å². The standard InChI is InChI=1S/C16H13ClF2N6O.C2H6/c1-16(18,19)15-23-14(24-25-15)13-12(7-5-20-21-6-7)8-3-11(26-2)9(17)4-10(8)22-13;1-2/h3-6,22H,1-2H3,(H,20,21)(H,23,24,25);1-2H3. The topological polar surface area (TPSA) is 95.3 Å². The average molecular weight is 409 g/mol. The quantitative estimate of drug-likeness (QED) is 0.435. The second kappa shape index (κ2) is 7.59. The number of methoxy groups -OCH3 is 1. The fourth-order valence-corrected chi connectivity index (χ4v) is 3.02. The summed E-state index contributed by atoms with van der Waals surface area (Å²) in [4.78, 5) is 7.09. The maximum atomic E-state index is 13.5. The van der Waals surface area contributed by atoms with Gasteiger partial charge in [0.05, 0.1) is 24.0 Å². The normalized spacial score (nSPS) is 11.4. The lowest BCUT2D eigenvalue weighted by atomic mass is 10.0. The number of aromatic amines is 3. The third kappa shape index (κ3) is 3.45. The Morgan fingerprint density at radius 2 is 1.96 bits per heavy atom. The first-order chi connectivity index (χ1) is 13.4. The third-order valence-electron chi connectivity index (χ3n) is 3.98. The van der Waals surface area contributed by atoms with E-state index in [1.165, 1.54) is 7.11 Å². The first-order valence-corrected chi connectivity index (χ1v) is 8.95. The van der Waals surface area contributed by atoms with E-state index in [0.29, 0.717) is 27.5 Å². The molecule has 4 rings (SSSR count). The second-order valence-electron chi connectivity index (χ2n) is 5.79. The lowest BCUT2D eigenvalue weighted by Gasteiger charge is -2.04. The van der Waals surface area contributed by atoms with E-state index in [2.05, 4.69) is 30.4 Å². The molecular formula is C18H19ClF2N6O. The summed E-state index contributed by atoms with van der Waals surface area (Å²) in [5.74, 6) is -3.03. The van der Waals surface area contributed by atoms with Crippen LogP contribution in [-0.2, 0) is 5.92 Å². The Kier molecular flexibility index (Phi) is 5.37. The molecule has 0 aliphatic rings. The number of nitrogens with zero attached hydrogens (tertiary/aromatic N) is 3. The summed E-state index contributed by atoms with van der Waals surface area (Å²) in [5.41, 5.74) is 2.60. The van der Waals surface area contributed by atoms with E-state index >= 15 is 0 Å². The summed E-state index contributed by atoms with van der Waals surface area (Å²) in [6.45, 7) is 4.75. The van der Waals surface area contributed by atoms with Crippen LogP contribution in [0.25, 0.3) is 33.5 Å². The number of H-pyrrole nitrogens is 3. The zero-order valence-corrected chi connectivity index (χ0v) is 16.4. The maximum Gasteiger partial charge on any atom is 0.303 e. The van der Waals surface area contributed by atoms with Crippen LogP contribution >= 0.6 is 11.6 Å². The van der Waals surface area contributed by atoms with Gasteiger partial charge in [-0.1, -0.05) is 25.4 Å². The predicted octanol–water partition coefficient (Wildman–Crippen LogP) is 5.14. The Hall–Kier alpha value is -2.94. The Morgan fingerprint density at radius 3 is 2.54 bits per heavy atom. The minimum Gasteiger partial charge on any atom is -0.495 e. The van der Waals surface area contributed by atoms with Gasteiger partial charge in [0.25, 0.3) is 0 Å². The van der Waals surface area contributed by atoms with E-state index in [0.717, 1.165) is 17.9 Å². The van der Waals surface area contributed by atoms with Crippen LogP contribution in [0.1, 0.15) is 26.6 Å². The van der Waals surface area contributed by atoms with Crippen LogP contribution < -0.4 is 4.74 Å². The van der Waals surface area contributed by atoms with Gasteiger partial charge >= 0.3 is 5.92 Å². The molecule has 148 valence electrons. The van der Waals surface area contributed by atoms with Crippen LogP contribution in [0.4, 0.5) is 8.78 Å². The van der Waals surface area contributed by atoms with Crippen molar-refractivity contribution < 1.29 is 13.5 Å². The number of hydrogen-bond donors (Lipinski definition) is 3. The van der Waals surface area contributed by atoms with E-state index in [4.69, 9.17) is 16.3 Å². The molecule has 0 fully saturated rings. The van der Waals surface area contributed by atoms with Crippen LogP contribution in [0.2, 0.25) is 5.02 Å². The number of hydrogen-bond acceptors (Lipinski definition) is 4. The monoisotopic (exact) mass is 408 g/mol. The largest absolute Gasteiger partial charge is 0.495 e. The molecule has 10 heteroatoms. The van der Waals surface area contributed by atoms with Crippen molar-refractivity contribution in [1.29, 1.82) is 0 Å². The highest BCUT2D eigenvalue weighted by Gasteiger charge is 2.30. The molecule has 3 heterocycles. The molecule has 0 bridgehead atoms. The molecule has 3 N–H and O–H groups in total. The minimum absolute atomic E-state index is 0.115. The molecule has 0 spiro atoms. The number of alkyl halides is 2. The van der Waals surface area contributed by atoms with Gasteiger partial charge in [-0.3, -0.25) is 10.2 Å². The summed E-state index contributed by atoms with van der Waals surface area (Å²) in [6, 6.07) is 3.47. The molecule has 0 aliphatic carbocycles. The molecular weight excluding hydrogens is 390 g/mol. The SMILES string of the molecule is CC.COc1cc2c(-c3cn[nH]c3)c(-c3n[nH]c(C(C)(F)F)n3)[nH]c2cc1Cl. The van der Waals surface area contributed by atoms with Gasteiger partial charge in [0.2, 0.25) is 0 Å². The van der Waals surface area contributed by atoms with Crippen LogP contribution in [0.5, 0.6) is 5.75 Å². The molecule has 1 aromatic carbocycles. The molecule has 0 amide bonds. The van der Waals surface area contributed by atoms with Gasteiger partial charge in [0, 0.05) is 35.2 Å². The molecule has 0 radical (unpaired) electrons. The fraction of sp³-hybridized carbons (Fsp3) is 0.278. The first kappa shape index (κ1) is 19.8. The van der Waals surface area contributed by atoms with Crippen molar-refractivity contribution in [3.05, 3.63) is 35.4 Å². The number of ether oxygens (including phenoxy) is 1. The minimum atomic E-state index is -3.13. The number of benzene rings is 1. The van der Waals surface area contributed by atoms with Crippen LogP contribution in [0.3, 0.4) is 0 Å². The lowest BCUT2D eigenvalue weighted by Crippen LogP contribution is -2.09. The highest BCUT2D eigenvalue weighted by atomic mass is 35.5. The summed E-state index contributed by atoms with van der Waals surface area (Å²) >= 11 is 6.20. The van der Waals surface area contributed by atoms with Crippen LogP contribution in [-0.4, -0.2) is 37.5 Å². The van der Waals surface area contributed by atoms with Gasteiger partial charge in [-0.05, 0) is 12.1 Å². The summed E-state index contributed by atoms with van der Waals surface area (Å²) in [7, 11) is 1.52. The molecule has 0 saturated carbocycles. The third-order valence-corrected chi connectivity index (χ3v) is 4.28. The Bertz CT molecular complexity index is 1080. The van der Waals surface area contributed by atoms with Crippen molar-refractivity contribution in [3.8, 4) is 28.4 Å². The number of aromatic nitrogens is 6. The predicted molar refractivity (Wildman–Crippen MR) is 104 cm³/mol. The van der Waals surface area contributed by atoms with Crippen LogP contribution in [0, 0.1) is 0 Å². The van der Waals surface area contributed by atoms with E-state index in [1.807, 2.05) is 13.8 Å². The zero-order chi connectivity index (χ0) is 20.5. The molecule has 7 nitrogen and oxygen atoms in total. The van der Waals surface area contributed by atoms with Crippen molar-refractivity contribution in [2.75, 3.05) is 7.11 Å². The maximum absolute atomic E-state index is 13.5. The van der Waals surface area contributed by atoms with Gasteiger partial charge in [-0.15, -0.1) is 0 Å². The molecule has 0 aliphatic heterocycles. The van der Waals surface area contributed by atoms with Crippen molar-refractivity contribution in [2.24, 2.45) is 0 Å². The summed E-state index contributed by atoms with van der Waals surface area (Å²) in [6.07, 6.45) is 3.31. The number of nitrogens with one attached hydrogen (secondary N) is 3. The van der Waals surface area contributed by atoms with Gasteiger partial charge in [0.1, 0.15) is 5.75 Å². The molecule has 3 aromatic heterocycles. The molecule has 4 aromatic rings. The molecule has 0 atom stereocenters. The molecule has 0 unspecified atom stereocenters. The highest BCUT2D eigenvalue weighted by Crippen LogP contribution is 2.41. The molecule has 28 heavy (non-hydrogen) atoms. The summed E-state index contributed by atoms with van der Waals surface area (Å²) in [5, 5.41) is 14.1. The Balaban J connectivity index is 0.00000109. The average Bonchev–Trinajstić information content (AvgIpc) is 3.40. The van der Waals surface area contributed by atoms with E-state index in [9.17, 15) is 8.78 Å². The Morgan fingerprint density at radius 1 is 1.21 bits per heavy atom. The number of halogens is 3. The Labute approximate surface area is 164 Å². The van der Waals surface area contributed by atoms with E-state index < -0.39 is 11.7 Å². The van der Waals surface area contributed by atoms with Gasteiger partial charge in [0.15, 0.2) is 11.6 Å². The van der Waals surface area contributed by atoms with Crippen LogP contribution in [0.15, 0.2) is 24.5 Å². The number of fused-ring (bicyclic) bond motifs is 1. The smallest absolute Gasteiger partial charge is 0.303 e. The van der Waals surface area contributed by atoms with Gasteiger partial charge in [-0.25, -0.2) is 4.98 Å². The van der Waals surface area contributed by atoms with E-state index in [-0.39, 0.29) is 5.82 Å². The zero-order valence-electron chi connectivity index (χ0n) is 15.7. The lowest BCUT2D eigenvalue weighted by molar-refractivity contribution is 0.00813. The second-order valence-corrected chi connectivity index (χ2v) is 6.20. The van der Waals surface area contributed by atoms with Crippen molar-refractivity contribution in [2.45, 2.75) is 26.7 Å². The summed E-state index contributed by atoms with van der Waals surface area (Å²) < 4.78 is 32.3.